The molecule has 0 saturated heterocycles. The maximum Gasteiger partial charge on any atom is 0.141 e. The number of ether oxygens (including phenoxy) is 1. The SMILES string of the molecule is CNC(c1ccc(Br)c(Cl)c1)c1cc(Br)c(F)cc1OC. The smallest absolute Gasteiger partial charge is 0.141 e. The minimum Gasteiger partial charge on any atom is -0.496 e. The van der Waals surface area contributed by atoms with Gasteiger partial charge < -0.3 is 10.1 Å². The number of rotatable bonds is 4. The molecule has 21 heavy (non-hydrogen) atoms. The molecule has 1 N–H and O–H groups in total. The molecule has 0 fully saturated rings. The van der Waals surface area contributed by atoms with Crippen LogP contribution in [0.2, 0.25) is 5.02 Å². The first-order valence-electron chi connectivity index (χ1n) is 6.13. The topological polar surface area (TPSA) is 21.3 Å². The lowest BCUT2D eigenvalue weighted by atomic mass is 9.98. The molecule has 2 aromatic carbocycles. The number of nitrogens with one attached hydrogen (secondary N) is 1. The standard InChI is InChI=1S/C15H13Br2ClFNO/c1-20-15(8-3-4-10(16)12(18)5-8)9-6-11(17)13(19)7-14(9)21-2/h3-7,15,20H,1-2H3. The Bertz CT molecular complexity index is 666. The Hall–Kier alpha value is -0.620. The van der Waals surface area contributed by atoms with Gasteiger partial charge in [0.15, 0.2) is 0 Å². The third-order valence-electron chi connectivity index (χ3n) is 3.15. The van der Waals surface area contributed by atoms with Crippen molar-refractivity contribution in [2.24, 2.45) is 0 Å². The summed E-state index contributed by atoms with van der Waals surface area (Å²) in [6, 6.07) is 8.61. The van der Waals surface area contributed by atoms with Crippen molar-refractivity contribution in [2.45, 2.75) is 6.04 Å². The van der Waals surface area contributed by atoms with Gasteiger partial charge in [0.2, 0.25) is 0 Å². The fraction of sp³-hybridized carbons (Fsp3) is 0.200. The van der Waals surface area contributed by atoms with Gasteiger partial charge in [0, 0.05) is 16.1 Å². The van der Waals surface area contributed by atoms with E-state index in [1.54, 1.807) is 6.07 Å². The van der Waals surface area contributed by atoms with Gasteiger partial charge in [-0.3, -0.25) is 0 Å². The van der Waals surface area contributed by atoms with Crippen molar-refractivity contribution in [3.63, 3.8) is 0 Å². The van der Waals surface area contributed by atoms with Crippen LogP contribution in [0.25, 0.3) is 0 Å². The van der Waals surface area contributed by atoms with Gasteiger partial charge in [-0.15, -0.1) is 0 Å². The second-order valence-electron chi connectivity index (χ2n) is 4.40. The van der Waals surface area contributed by atoms with Crippen LogP contribution in [0.3, 0.4) is 0 Å². The van der Waals surface area contributed by atoms with Crippen LogP contribution in [0.15, 0.2) is 39.3 Å². The van der Waals surface area contributed by atoms with E-state index in [0.29, 0.717) is 15.2 Å². The van der Waals surface area contributed by atoms with Gasteiger partial charge in [-0.25, -0.2) is 4.39 Å². The Morgan fingerprint density at radius 1 is 1.19 bits per heavy atom. The third-order valence-corrected chi connectivity index (χ3v) is 4.99. The van der Waals surface area contributed by atoms with Crippen molar-refractivity contribution < 1.29 is 9.13 Å². The predicted molar refractivity (Wildman–Crippen MR) is 90.7 cm³/mol. The Morgan fingerprint density at radius 2 is 1.90 bits per heavy atom. The highest BCUT2D eigenvalue weighted by atomic mass is 79.9. The first-order valence-corrected chi connectivity index (χ1v) is 8.09. The van der Waals surface area contributed by atoms with Crippen LogP contribution in [0.5, 0.6) is 5.75 Å². The largest absolute Gasteiger partial charge is 0.496 e. The maximum atomic E-state index is 13.7. The molecule has 2 rings (SSSR count). The summed E-state index contributed by atoms with van der Waals surface area (Å²) in [6.45, 7) is 0. The van der Waals surface area contributed by atoms with Crippen molar-refractivity contribution in [3.05, 3.63) is 61.2 Å². The Balaban J connectivity index is 2.55. The molecular weight excluding hydrogens is 424 g/mol. The number of hydrogen-bond acceptors (Lipinski definition) is 2. The highest BCUT2D eigenvalue weighted by Gasteiger charge is 2.19. The van der Waals surface area contributed by atoms with Crippen LogP contribution in [-0.4, -0.2) is 14.2 Å². The van der Waals surface area contributed by atoms with E-state index in [1.807, 2.05) is 25.2 Å². The molecule has 0 amide bonds. The summed E-state index contributed by atoms with van der Waals surface area (Å²) in [5.74, 6) is 0.119. The van der Waals surface area contributed by atoms with Gasteiger partial charge in [-0.05, 0) is 62.7 Å². The summed E-state index contributed by atoms with van der Waals surface area (Å²) >= 11 is 12.7. The summed E-state index contributed by atoms with van der Waals surface area (Å²) in [5, 5.41) is 3.82. The van der Waals surface area contributed by atoms with E-state index in [4.69, 9.17) is 16.3 Å². The Kier molecular flexibility index (Phi) is 5.66. The lowest BCUT2D eigenvalue weighted by molar-refractivity contribution is 0.401. The van der Waals surface area contributed by atoms with Gasteiger partial charge in [0.1, 0.15) is 11.6 Å². The first-order chi connectivity index (χ1) is 9.97. The minimum atomic E-state index is -0.362. The summed E-state index contributed by atoms with van der Waals surface area (Å²) in [6.07, 6.45) is 0. The molecule has 0 aliphatic carbocycles. The summed E-state index contributed by atoms with van der Waals surface area (Å²) < 4.78 is 20.2. The van der Waals surface area contributed by atoms with Gasteiger partial charge in [-0.2, -0.15) is 0 Å². The molecule has 0 saturated carbocycles. The van der Waals surface area contributed by atoms with Crippen molar-refractivity contribution in [2.75, 3.05) is 14.2 Å². The zero-order valence-electron chi connectivity index (χ0n) is 11.4. The predicted octanol–water partition coefficient (Wildman–Crippen LogP) is 5.32. The molecule has 1 atom stereocenters. The van der Waals surface area contributed by atoms with E-state index >= 15 is 0 Å². The molecule has 2 aromatic rings. The zero-order chi connectivity index (χ0) is 15.6. The van der Waals surface area contributed by atoms with Crippen LogP contribution in [0.1, 0.15) is 17.2 Å². The molecule has 1 unspecified atom stereocenters. The molecule has 2 nitrogen and oxygen atoms in total. The minimum absolute atomic E-state index is 0.164. The van der Waals surface area contributed by atoms with Gasteiger partial charge in [-0.1, -0.05) is 17.7 Å². The van der Waals surface area contributed by atoms with Crippen molar-refractivity contribution in [1.82, 2.24) is 5.32 Å². The Labute approximate surface area is 144 Å². The summed E-state index contributed by atoms with van der Waals surface area (Å²) in [7, 11) is 3.35. The quantitative estimate of drug-likeness (QED) is 0.699. The number of halogens is 4. The monoisotopic (exact) mass is 435 g/mol. The van der Waals surface area contributed by atoms with E-state index in [0.717, 1.165) is 15.6 Å². The normalized spacial score (nSPS) is 12.3. The molecule has 0 bridgehead atoms. The highest BCUT2D eigenvalue weighted by Crippen LogP contribution is 2.35. The molecular formula is C15H13Br2ClFNO. The van der Waals surface area contributed by atoms with Gasteiger partial charge >= 0.3 is 0 Å². The molecule has 0 aliphatic rings. The van der Waals surface area contributed by atoms with E-state index in [1.165, 1.54) is 13.2 Å². The fourth-order valence-electron chi connectivity index (χ4n) is 2.14. The van der Waals surface area contributed by atoms with Crippen molar-refractivity contribution in [1.29, 1.82) is 0 Å². The zero-order valence-corrected chi connectivity index (χ0v) is 15.3. The lowest BCUT2D eigenvalue weighted by Gasteiger charge is -2.21. The molecule has 112 valence electrons. The van der Waals surface area contributed by atoms with Crippen LogP contribution >= 0.6 is 43.5 Å². The van der Waals surface area contributed by atoms with Crippen molar-refractivity contribution in [3.8, 4) is 5.75 Å². The molecule has 0 radical (unpaired) electrons. The van der Waals surface area contributed by atoms with E-state index in [-0.39, 0.29) is 11.9 Å². The van der Waals surface area contributed by atoms with Crippen LogP contribution < -0.4 is 10.1 Å². The van der Waals surface area contributed by atoms with E-state index in [2.05, 4.69) is 37.2 Å². The second-order valence-corrected chi connectivity index (χ2v) is 6.52. The van der Waals surface area contributed by atoms with Crippen LogP contribution in [0, 0.1) is 5.82 Å². The van der Waals surface area contributed by atoms with Gasteiger partial charge in [0.25, 0.3) is 0 Å². The summed E-state index contributed by atoms with van der Waals surface area (Å²) in [5.41, 5.74) is 1.79. The lowest BCUT2D eigenvalue weighted by Crippen LogP contribution is -2.18. The molecule has 0 aliphatic heterocycles. The number of benzene rings is 2. The Morgan fingerprint density at radius 3 is 2.48 bits per heavy atom. The van der Waals surface area contributed by atoms with Crippen molar-refractivity contribution >= 4 is 43.5 Å². The second kappa shape index (κ2) is 7.09. The van der Waals surface area contributed by atoms with Crippen LogP contribution in [0.4, 0.5) is 4.39 Å². The first kappa shape index (κ1) is 16.7. The average molecular weight is 438 g/mol. The average Bonchev–Trinajstić information content (AvgIpc) is 2.46. The fourth-order valence-corrected chi connectivity index (χ4v) is 2.94. The van der Waals surface area contributed by atoms with E-state index < -0.39 is 0 Å². The molecule has 0 aromatic heterocycles. The molecule has 0 spiro atoms. The van der Waals surface area contributed by atoms with Crippen LogP contribution in [-0.2, 0) is 0 Å². The van der Waals surface area contributed by atoms with Gasteiger partial charge in [0.05, 0.1) is 22.6 Å². The highest BCUT2D eigenvalue weighted by molar-refractivity contribution is 9.10. The third kappa shape index (κ3) is 3.59. The number of hydrogen-bond donors (Lipinski definition) is 1. The summed E-state index contributed by atoms with van der Waals surface area (Å²) in [4.78, 5) is 0. The molecule has 0 heterocycles. The molecule has 6 heteroatoms. The number of methoxy groups -OCH3 is 1. The maximum absolute atomic E-state index is 13.7. The van der Waals surface area contributed by atoms with E-state index in [9.17, 15) is 4.39 Å².